The minimum absolute atomic E-state index is 0.185. The maximum absolute atomic E-state index is 10.1. The van der Waals surface area contributed by atoms with E-state index in [2.05, 4.69) is 30.1 Å². The average Bonchev–Trinajstić information content (AvgIpc) is 3.49. The summed E-state index contributed by atoms with van der Waals surface area (Å²) in [4.78, 5) is 7.64. The lowest BCUT2D eigenvalue weighted by molar-refractivity contribution is -0.0119. The molecule has 0 radical (unpaired) electrons. The first-order chi connectivity index (χ1) is 17.4. The molecule has 6 rings (SSSR count). The summed E-state index contributed by atoms with van der Waals surface area (Å²) in [7, 11) is 3.45. The number of ether oxygens (including phenoxy) is 3. The quantitative estimate of drug-likeness (QED) is 0.470. The molecule has 1 spiro atoms. The molecule has 2 aromatic heterocycles. The van der Waals surface area contributed by atoms with Crippen molar-refractivity contribution in [3.05, 3.63) is 30.5 Å². The van der Waals surface area contributed by atoms with Crippen LogP contribution in [0.4, 0.5) is 5.69 Å². The molecule has 1 aliphatic carbocycles. The van der Waals surface area contributed by atoms with E-state index in [1.807, 2.05) is 29.1 Å². The van der Waals surface area contributed by atoms with Gasteiger partial charge in [0.15, 0.2) is 5.65 Å². The van der Waals surface area contributed by atoms with Crippen molar-refractivity contribution in [2.24, 2.45) is 5.41 Å². The van der Waals surface area contributed by atoms with E-state index in [0.29, 0.717) is 35.5 Å². The van der Waals surface area contributed by atoms with E-state index in [-0.39, 0.29) is 12.6 Å². The molecule has 4 atom stereocenters. The third-order valence-corrected chi connectivity index (χ3v) is 8.13. The van der Waals surface area contributed by atoms with Crippen molar-refractivity contribution in [3.8, 4) is 22.8 Å². The highest BCUT2D eigenvalue weighted by Gasteiger charge is 2.68. The summed E-state index contributed by atoms with van der Waals surface area (Å²) in [5.41, 5.74) is 4.12. The average molecular weight is 494 g/mol. The zero-order valence-corrected chi connectivity index (χ0v) is 21.4. The highest BCUT2D eigenvalue weighted by atomic mass is 16.5. The summed E-state index contributed by atoms with van der Waals surface area (Å²) >= 11 is 0. The third kappa shape index (κ3) is 3.55. The Bertz CT molecular complexity index is 1280. The number of hydrogen-bond donors (Lipinski definition) is 2. The second-order valence-corrected chi connectivity index (χ2v) is 10.6. The lowest BCUT2D eigenvalue weighted by Gasteiger charge is -2.68. The zero-order chi connectivity index (χ0) is 25.0. The third-order valence-electron chi connectivity index (χ3n) is 8.13. The molecule has 3 aromatic rings. The number of anilines is 1. The Morgan fingerprint density at radius 3 is 2.78 bits per heavy atom. The smallest absolute Gasteiger partial charge is 0.160 e. The van der Waals surface area contributed by atoms with Crippen molar-refractivity contribution >= 4 is 16.7 Å². The van der Waals surface area contributed by atoms with Gasteiger partial charge in [-0.3, -0.25) is 0 Å². The normalized spacial score (nSPS) is 25.3. The predicted molar refractivity (Wildman–Crippen MR) is 138 cm³/mol. The van der Waals surface area contributed by atoms with Crippen LogP contribution in [0.15, 0.2) is 30.5 Å². The van der Waals surface area contributed by atoms with Crippen LogP contribution in [0, 0.1) is 5.41 Å². The molecule has 1 aromatic carbocycles. The Morgan fingerprint density at radius 2 is 2.06 bits per heavy atom. The molecule has 2 N–H and O–H groups in total. The fraction of sp³-hybridized carbons (Fsp3) is 0.556. The van der Waals surface area contributed by atoms with Crippen molar-refractivity contribution in [2.45, 2.75) is 50.9 Å². The second kappa shape index (κ2) is 8.90. The number of piperidine rings is 1. The van der Waals surface area contributed by atoms with Gasteiger partial charge in [0.25, 0.3) is 0 Å². The van der Waals surface area contributed by atoms with Gasteiger partial charge in [0.05, 0.1) is 49.3 Å². The summed E-state index contributed by atoms with van der Waals surface area (Å²) in [5.74, 6) is 1.31. The number of aliphatic hydroxyl groups excluding tert-OH is 1. The van der Waals surface area contributed by atoms with Crippen LogP contribution >= 0.6 is 0 Å². The number of likely N-dealkylation sites (N-methyl/N-ethyl adjacent to an activating group) is 1. The van der Waals surface area contributed by atoms with Gasteiger partial charge in [0, 0.05) is 35.7 Å². The van der Waals surface area contributed by atoms with Gasteiger partial charge in [0.2, 0.25) is 0 Å². The van der Waals surface area contributed by atoms with E-state index in [1.54, 1.807) is 14.2 Å². The minimum Gasteiger partial charge on any atom is -0.497 e. The van der Waals surface area contributed by atoms with Crippen molar-refractivity contribution in [1.29, 1.82) is 0 Å². The standard InChI is InChI=1S/C27H35N5O4/c1-16(2)32-26-21(12-29-32)23(31-24-5-6-27(24)15-35-14-25(27)31)10-22(30-26)17-7-19(34-4)9-20(8-17)36-13-18(33)11-28-3/h7-10,12,16,18,24-25,28,33H,5-6,11,13-15H2,1-4H3/t18?,24-,25+,27?/m1/s1. The van der Waals surface area contributed by atoms with Gasteiger partial charge in [-0.1, -0.05) is 0 Å². The minimum atomic E-state index is -0.603. The molecule has 0 amide bonds. The van der Waals surface area contributed by atoms with Crippen molar-refractivity contribution in [1.82, 2.24) is 20.1 Å². The van der Waals surface area contributed by atoms with Crippen LogP contribution in [-0.2, 0) is 4.74 Å². The number of benzene rings is 1. The first-order valence-electron chi connectivity index (χ1n) is 12.8. The number of fused-ring (bicyclic) bond motifs is 1. The first kappa shape index (κ1) is 23.5. The van der Waals surface area contributed by atoms with E-state index in [1.165, 1.54) is 18.5 Å². The molecule has 2 unspecified atom stereocenters. The van der Waals surface area contributed by atoms with Gasteiger partial charge in [-0.2, -0.15) is 5.10 Å². The molecule has 3 aliphatic rings. The monoisotopic (exact) mass is 493 g/mol. The van der Waals surface area contributed by atoms with Crippen molar-refractivity contribution in [3.63, 3.8) is 0 Å². The van der Waals surface area contributed by atoms with Gasteiger partial charge in [-0.15, -0.1) is 0 Å². The van der Waals surface area contributed by atoms with E-state index in [4.69, 9.17) is 24.3 Å². The summed E-state index contributed by atoms with van der Waals surface area (Å²) in [6.07, 6.45) is 3.80. The lowest BCUT2D eigenvalue weighted by atomic mass is 9.53. The predicted octanol–water partition coefficient (Wildman–Crippen LogP) is 3.01. The summed E-state index contributed by atoms with van der Waals surface area (Å²) in [6, 6.07) is 9.08. The van der Waals surface area contributed by atoms with E-state index < -0.39 is 6.10 Å². The van der Waals surface area contributed by atoms with Crippen molar-refractivity contribution in [2.75, 3.05) is 45.4 Å². The van der Waals surface area contributed by atoms with E-state index in [9.17, 15) is 5.11 Å². The molecule has 4 heterocycles. The number of nitrogens with zero attached hydrogens (tertiary/aromatic N) is 4. The van der Waals surface area contributed by atoms with Gasteiger partial charge in [0.1, 0.15) is 24.2 Å². The Hall–Kier alpha value is -2.88. The second-order valence-electron chi connectivity index (χ2n) is 10.6. The van der Waals surface area contributed by atoms with Crippen LogP contribution in [0.5, 0.6) is 11.5 Å². The first-order valence-corrected chi connectivity index (χ1v) is 12.8. The van der Waals surface area contributed by atoms with E-state index >= 15 is 0 Å². The molecule has 2 aliphatic heterocycles. The molecule has 3 fully saturated rings. The Kier molecular flexibility index (Phi) is 5.81. The fourth-order valence-electron chi connectivity index (χ4n) is 6.22. The van der Waals surface area contributed by atoms with Gasteiger partial charge in [-0.05, 0) is 51.9 Å². The number of rotatable bonds is 9. The number of pyridine rings is 1. The van der Waals surface area contributed by atoms with Gasteiger partial charge >= 0.3 is 0 Å². The number of aromatic nitrogens is 3. The van der Waals surface area contributed by atoms with Crippen LogP contribution in [-0.4, -0.2) is 78.6 Å². The largest absolute Gasteiger partial charge is 0.497 e. The number of hydrogen-bond acceptors (Lipinski definition) is 8. The molecule has 2 saturated heterocycles. The van der Waals surface area contributed by atoms with Crippen LogP contribution in [0.25, 0.3) is 22.3 Å². The summed E-state index contributed by atoms with van der Waals surface area (Å²) in [6.45, 7) is 6.55. The Labute approximate surface area is 211 Å². The summed E-state index contributed by atoms with van der Waals surface area (Å²) in [5, 5.41) is 18.8. The van der Waals surface area contributed by atoms with Crippen molar-refractivity contribution < 1.29 is 19.3 Å². The molecule has 9 nitrogen and oxygen atoms in total. The molecule has 192 valence electrons. The Morgan fingerprint density at radius 1 is 1.22 bits per heavy atom. The molecule has 36 heavy (non-hydrogen) atoms. The number of methoxy groups -OCH3 is 1. The lowest BCUT2D eigenvalue weighted by Crippen LogP contribution is -2.77. The maximum atomic E-state index is 10.1. The zero-order valence-electron chi connectivity index (χ0n) is 21.4. The highest BCUT2D eigenvalue weighted by molar-refractivity contribution is 5.93. The molecule has 9 heteroatoms. The van der Waals surface area contributed by atoms with Gasteiger partial charge in [-0.25, -0.2) is 9.67 Å². The molecule has 1 saturated carbocycles. The van der Waals surface area contributed by atoms with Crippen LogP contribution in [0.3, 0.4) is 0 Å². The molecular formula is C27H35N5O4. The van der Waals surface area contributed by atoms with Crippen LogP contribution in [0.1, 0.15) is 32.7 Å². The topological polar surface area (TPSA) is 93.9 Å². The molecule has 0 bridgehead atoms. The fourth-order valence-corrected chi connectivity index (χ4v) is 6.22. The van der Waals surface area contributed by atoms with Gasteiger partial charge < -0.3 is 29.5 Å². The SMILES string of the molecule is CNCC(O)COc1cc(OC)cc(-c2cc(N3[C@H]4COCC45CC[C@@H]35)c3cnn(C(C)C)c3n2)c1. The Balaban J connectivity index is 1.43. The van der Waals surface area contributed by atoms with Crippen LogP contribution < -0.4 is 19.7 Å². The van der Waals surface area contributed by atoms with E-state index in [0.717, 1.165) is 35.5 Å². The number of aliphatic hydroxyl groups is 1. The number of nitrogens with one attached hydrogen (secondary N) is 1. The molecular weight excluding hydrogens is 458 g/mol. The summed E-state index contributed by atoms with van der Waals surface area (Å²) < 4.78 is 19.5. The van der Waals surface area contributed by atoms with Crippen LogP contribution in [0.2, 0.25) is 0 Å². The maximum Gasteiger partial charge on any atom is 0.160 e. The highest BCUT2D eigenvalue weighted by Crippen LogP contribution is 2.62.